The van der Waals surface area contributed by atoms with Crippen molar-refractivity contribution in [2.24, 2.45) is 5.92 Å². The first kappa shape index (κ1) is 30.0. The van der Waals surface area contributed by atoms with Gasteiger partial charge in [-0.2, -0.15) is 0 Å². The van der Waals surface area contributed by atoms with Crippen LogP contribution in [0.1, 0.15) is 71.1 Å². The van der Waals surface area contributed by atoms with Crippen LogP contribution in [0.5, 0.6) is 0 Å². The lowest BCUT2D eigenvalue weighted by molar-refractivity contribution is -0.150. The number of rotatable bonds is 17. The minimum Gasteiger partial charge on any atom is -0.491 e. The van der Waals surface area contributed by atoms with E-state index in [9.17, 15) is 19.2 Å². The van der Waals surface area contributed by atoms with Crippen LogP contribution in [0.4, 0.5) is 0 Å². The summed E-state index contributed by atoms with van der Waals surface area (Å²) in [5.41, 5.74) is 0.371. The van der Waals surface area contributed by atoms with Crippen LogP contribution in [0, 0.1) is 5.92 Å². The Labute approximate surface area is 225 Å². The highest BCUT2D eigenvalue weighted by molar-refractivity contribution is 6.23. The third kappa shape index (κ3) is 8.47. The molecule has 4 amide bonds. The molecule has 2 fully saturated rings. The summed E-state index contributed by atoms with van der Waals surface area (Å²) in [6.07, 6.45) is 9.03. The molecule has 1 N–H and O–H groups in total. The average molecular weight is 535 g/mol. The third-order valence-electron chi connectivity index (χ3n) is 7.16. The Morgan fingerprint density at radius 3 is 2.13 bits per heavy atom. The van der Waals surface area contributed by atoms with Gasteiger partial charge in [0.2, 0.25) is 11.8 Å². The van der Waals surface area contributed by atoms with E-state index in [-0.39, 0.29) is 43.0 Å². The number of nitrogens with one attached hydrogen (secondary N) is 1. The number of carbonyl (C=O) groups is 4. The Morgan fingerprint density at radius 2 is 1.50 bits per heavy atom. The molecule has 0 aromatic heterocycles. The Balaban J connectivity index is 1.30. The van der Waals surface area contributed by atoms with E-state index in [0.717, 1.165) is 23.8 Å². The maximum atomic E-state index is 13.1. The molecule has 0 aromatic rings. The van der Waals surface area contributed by atoms with Crippen LogP contribution in [0.25, 0.3) is 0 Å². The first-order valence-electron chi connectivity index (χ1n) is 13.9. The average Bonchev–Trinajstić information content (AvgIpc) is 3.14. The van der Waals surface area contributed by atoms with E-state index in [2.05, 4.69) is 11.9 Å². The van der Waals surface area contributed by atoms with E-state index in [0.29, 0.717) is 39.3 Å². The number of amides is 4. The number of imide groups is 2. The van der Waals surface area contributed by atoms with Gasteiger partial charge in [0.05, 0.1) is 38.6 Å². The molecule has 2 aliphatic heterocycles. The highest BCUT2D eigenvalue weighted by Crippen LogP contribution is 2.32. The van der Waals surface area contributed by atoms with E-state index in [1.165, 1.54) is 32.1 Å². The Hall–Kier alpha value is -2.56. The molecule has 10 nitrogen and oxygen atoms in total. The molecule has 0 spiro atoms. The summed E-state index contributed by atoms with van der Waals surface area (Å²) in [6.45, 7) is 8.86. The lowest BCUT2D eigenvalue weighted by Crippen LogP contribution is -2.54. The highest BCUT2D eigenvalue weighted by atomic mass is 16.6. The highest BCUT2D eigenvalue weighted by Gasteiger charge is 2.46. The Kier molecular flexibility index (Phi) is 12.4. The van der Waals surface area contributed by atoms with Gasteiger partial charge in [-0.05, 0) is 25.2 Å². The zero-order chi connectivity index (χ0) is 27.3. The zero-order valence-corrected chi connectivity index (χ0v) is 22.6. The van der Waals surface area contributed by atoms with Crippen molar-refractivity contribution < 1.29 is 38.1 Å². The number of hydrogen-bond donors (Lipinski definition) is 1. The van der Waals surface area contributed by atoms with Crippen LogP contribution in [-0.4, -0.2) is 80.8 Å². The lowest BCUT2D eigenvalue weighted by atomic mass is 9.87. The predicted octanol–water partition coefficient (Wildman–Crippen LogP) is 2.81. The van der Waals surface area contributed by atoms with Crippen molar-refractivity contribution in [2.45, 2.75) is 77.2 Å². The van der Waals surface area contributed by atoms with Crippen molar-refractivity contribution in [3.05, 3.63) is 23.5 Å². The molecule has 0 radical (unpaired) electrons. The van der Waals surface area contributed by atoms with E-state index >= 15 is 0 Å². The minimum absolute atomic E-state index is 0.0673. The smallest absolute Gasteiger partial charge is 0.265 e. The first-order chi connectivity index (χ1) is 18.4. The van der Waals surface area contributed by atoms with Crippen LogP contribution in [0.3, 0.4) is 0 Å². The lowest BCUT2D eigenvalue weighted by Gasteiger charge is -2.28. The maximum Gasteiger partial charge on any atom is 0.265 e. The summed E-state index contributed by atoms with van der Waals surface area (Å²) >= 11 is 0. The quantitative estimate of drug-likeness (QED) is 0.172. The normalized spacial score (nSPS) is 20.9. The van der Waals surface area contributed by atoms with E-state index in [1.807, 2.05) is 6.92 Å². The van der Waals surface area contributed by atoms with Crippen LogP contribution < -0.4 is 5.32 Å². The van der Waals surface area contributed by atoms with Gasteiger partial charge in [-0.15, -0.1) is 0 Å². The zero-order valence-electron chi connectivity index (χ0n) is 22.6. The molecule has 0 aromatic carbocycles. The molecule has 10 heteroatoms. The molecule has 1 unspecified atom stereocenters. The van der Waals surface area contributed by atoms with E-state index < -0.39 is 29.7 Å². The van der Waals surface area contributed by atoms with Crippen molar-refractivity contribution in [2.75, 3.05) is 46.2 Å². The number of ether oxygens (including phenoxy) is 4. The van der Waals surface area contributed by atoms with Crippen LogP contribution in [0.2, 0.25) is 0 Å². The van der Waals surface area contributed by atoms with E-state index in [4.69, 9.17) is 18.9 Å². The molecule has 1 saturated heterocycles. The van der Waals surface area contributed by atoms with Gasteiger partial charge in [-0.3, -0.25) is 29.4 Å². The summed E-state index contributed by atoms with van der Waals surface area (Å²) < 4.78 is 22.3. The fourth-order valence-corrected chi connectivity index (χ4v) is 5.14. The van der Waals surface area contributed by atoms with Crippen LogP contribution in [-0.2, 0) is 38.1 Å². The second kappa shape index (κ2) is 15.8. The largest absolute Gasteiger partial charge is 0.491 e. The topological polar surface area (TPSA) is 120 Å². The molecule has 0 bridgehead atoms. The van der Waals surface area contributed by atoms with Gasteiger partial charge in [-0.1, -0.05) is 52.0 Å². The second-order valence-corrected chi connectivity index (χ2v) is 9.95. The monoisotopic (exact) mass is 534 g/mol. The van der Waals surface area contributed by atoms with Crippen molar-refractivity contribution in [1.29, 1.82) is 0 Å². The Bertz CT molecular complexity index is 893. The van der Waals surface area contributed by atoms with Crippen LogP contribution in [0.15, 0.2) is 23.5 Å². The van der Waals surface area contributed by atoms with Gasteiger partial charge >= 0.3 is 0 Å². The molecule has 38 heavy (non-hydrogen) atoms. The van der Waals surface area contributed by atoms with Gasteiger partial charge in [-0.25, -0.2) is 0 Å². The molecule has 1 atom stereocenters. The standard InChI is InChI=1S/C28H42N2O8/c1-3-7-22-25(28(34)30(27(22)33)23-10-11-24(31)29-26(23)32)20(2)38-19-18-37-17-16-36-15-14-35-13-12-21-8-5-4-6-9-21/h21,23H,2-19H2,1H3,(H,29,31,32). The Morgan fingerprint density at radius 1 is 0.868 bits per heavy atom. The number of piperidine rings is 1. The molecule has 1 aliphatic carbocycles. The SMILES string of the molecule is C=C(OCCOCCOCCOCCC1CCCCC1)C1=C(CCC)C(=O)N(C2CCC(=O)NC2=O)C1=O. The molecule has 2 heterocycles. The van der Waals surface area contributed by atoms with Gasteiger partial charge < -0.3 is 18.9 Å². The van der Waals surface area contributed by atoms with Gasteiger partial charge in [0.1, 0.15) is 18.4 Å². The number of carbonyl (C=O) groups excluding carboxylic acids is 4. The second-order valence-electron chi connectivity index (χ2n) is 9.95. The molecule has 3 rings (SSSR count). The molecule has 3 aliphatic rings. The van der Waals surface area contributed by atoms with Crippen molar-refractivity contribution in [3.63, 3.8) is 0 Å². The summed E-state index contributed by atoms with van der Waals surface area (Å²) in [4.78, 5) is 50.9. The van der Waals surface area contributed by atoms with Crippen molar-refractivity contribution in [1.82, 2.24) is 10.2 Å². The molecule has 1 saturated carbocycles. The van der Waals surface area contributed by atoms with Crippen molar-refractivity contribution >= 4 is 23.6 Å². The van der Waals surface area contributed by atoms with Gasteiger partial charge in [0, 0.05) is 18.6 Å². The molecule has 212 valence electrons. The fourth-order valence-electron chi connectivity index (χ4n) is 5.14. The summed E-state index contributed by atoms with van der Waals surface area (Å²) in [5, 5.41) is 2.20. The molecular weight excluding hydrogens is 492 g/mol. The summed E-state index contributed by atoms with van der Waals surface area (Å²) in [7, 11) is 0. The maximum absolute atomic E-state index is 13.1. The summed E-state index contributed by atoms with van der Waals surface area (Å²) in [5.74, 6) is -1.31. The first-order valence-corrected chi connectivity index (χ1v) is 13.9. The predicted molar refractivity (Wildman–Crippen MR) is 139 cm³/mol. The number of hydrogen-bond acceptors (Lipinski definition) is 8. The minimum atomic E-state index is -1.02. The summed E-state index contributed by atoms with van der Waals surface area (Å²) in [6, 6.07) is -1.02. The van der Waals surface area contributed by atoms with Crippen molar-refractivity contribution in [3.8, 4) is 0 Å². The van der Waals surface area contributed by atoms with E-state index in [1.54, 1.807) is 0 Å². The van der Waals surface area contributed by atoms with Gasteiger partial charge in [0.25, 0.3) is 11.8 Å². The van der Waals surface area contributed by atoms with Crippen LogP contribution >= 0.6 is 0 Å². The number of nitrogens with zero attached hydrogens (tertiary/aromatic N) is 1. The molecular formula is C28H42N2O8. The van der Waals surface area contributed by atoms with Gasteiger partial charge in [0.15, 0.2) is 0 Å². The third-order valence-corrected chi connectivity index (χ3v) is 7.16. The fraction of sp³-hybridized carbons (Fsp3) is 0.714.